The van der Waals surface area contributed by atoms with Gasteiger partial charge in [0, 0.05) is 6.54 Å². The lowest BCUT2D eigenvalue weighted by atomic mass is 10.2. The van der Waals surface area contributed by atoms with E-state index >= 15 is 0 Å². The molecule has 0 spiro atoms. The maximum absolute atomic E-state index is 11.9. The second-order valence-electron chi connectivity index (χ2n) is 5.23. The van der Waals surface area contributed by atoms with E-state index in [9.17, 15) is 22.8 Å². The Labute approximate surface area is 160 Å². The fourth-order valence-electron chi connectivity index (χ4n) is 2.07. The van der Waals surface area contributed by atoms with Crippen molar-refractivity contribution in [1.29, 1.82) is 0 Å². The van der Waals surface area contributed by atoms with E-state index in [0.29, 0.717) is 0 Å². The molecule has 0 aromatic carbocycles. The quantitative estimate of drug-likeness (QED) is 0.484. The van der Waals surface area contributed by atoms with Crippen LogP contribution in [0.25, 0.3) is 0 Å². The summed E-state index contributed by atoms with van der Waals surface area (Å²) in [5, 5.41) is 6.46. The highest BCUT2D eigenvalue weighted by Crippen LogP contribution is 2.15. The van der Waals surface area contributed by atoms with Gasteiger partial charge in [0.15, 0.2) is 0 Å². The van der Waals surface area contributed by atoms with Crippen molar-refractivity contribution in [2.24, 2.45) is 0 Å². The third-order valence-corrected chi connectivity index (χ3v) is 6.19. The molecule has 10 nitrogen and oxygen atoms in total. The summed E-state index contributed by atoms with van der Waals surface area (Å²) in [5.41, 5.74) is 0.285. The Balaban J connectivity index is 1.86. The van der Waals surface area contributed by atoms with E-state index in [-0.39, 0.29) is 48.2 Å². The van der Waals surface area contributed by atoms with Crippen LogP contribution >= 0.6 is 11.3 Å². The molecule has 0 bridgehead atoms. The Morgan fingerprint density at radius 1 is 1.33 bits per heavy atom. The molecular weight excluding hydrogens is 398 g/mol. The minimum Gasteiger partial charge on any atom is -0.463 e. The normalized spacial score (nSPS) is 14.3. The molecule has 148 valence electrons. The lowest BCUT2D eigenvalue weighted by Gasteiger charge is -2.21. The highest BCUT2D eigenvalue weighted by Gasteiger charge is 2.24. The smallest absolute Gasteiger partial charge is 0.337 e. The molecule has 0 fully saturated rings. The van der Waals surface area contributed by atoms with Crippen LogP contribution < -0.4 is 15.4 Å². The van der Waals surface area contributed by atoms with Crippen molar-refractivity contribution in [3.05, 3.63) is 28.8 Å². The average Bonchev–Trinajstić information content (AvgIpc) is 3.15. The van der Waals surface area contributed by atoms with Crippen LogP contribution in [0.1, 0.15) is 13.3 Å². The van der Waals surface area contributed by atoms with Gasteiger partial charge in [-0.3, -0.25) is 4.79 Å². The zero-order valence-corrected chi connectivity index (χ0v) is 16.1. The van der Waals surface area contributed by atoms with Crippen molar-refractivity contribution < 1.29 is 32.3 Å². The molecule has 1 aliphatic heterocycles. The van der Waals surface area contributed by atoms with Crippen LogP contribution in [0, 0.1) is 0 Å². The van der Waals surface area contributed by atoms with E-state index in [1.807, 2.05) is 0 Å². The van der Waals surface area contributed by atoms with Gasteiger partial charge in [0.25, 0.3) is 0 Å². The number of amides is 2. The fourth-order valence-corrected chi connectivity index (χ4v) is 4.14. The van der Waals surface area contributed by atoms with E-state index < -0.39 is 28.0 Å². The Hall–Kier alpha value is -2.44. The van der Waals surface area contributed by atoms with E-state index in [1.54, 1.807) is 18.4 Å². The Morgan fingerprint density at radius 3 is 2.78 bits per heavy atom. The number of esters is 2. The molecule has 0 aliphatic carbocycles. The number of rotatable bonds is 9. The van der Waals surface area contributed by atoms with Gasteiger partial charge < -0.3 is 20.1 Å². The molecule has 27 heavy (non-hydrogen) atoms. The summed E-state index contributed by atoms with van der Waals surface area (Å²) < 4.78 is 36.2. The van der Waals surface area contributed by atoms with E-state index in [4.69, 9.17) is 9.47 Å². The number of ether oxygens (including phenoxy) is 2. The summed E-state index contributed by atoms with van der Waals surface area (Å²) >= 11 is 1.06. The van der Waals surface area contributed by atoms with Gasteiger partial charge in [-0.15, -0.1) is 11.3 Å². The molecule has 0 atom stereocenters. The highest BCUT2D eigenvalue weighted by atomic mass is 32.2. The van der Waals surface area contributed by atoms with Crippen molar-refractivity contribution in [1.82, 2.24) is 15.4 Å². The molecule has 0 saturated heterocycles. The second kappa shape index (κ2) is 9.48. The van der Waals surface area contributed by atoms with Gasteiger partial charge in [0.05, 0.1) is 30.8 Å². The summed E-state index contributed by atoms with van der Waals surface area (Å²) in [7, 11) is -3.66. The van der Waals surface area contributed by atoms with Gasteiger partial charge in [0.2, 0.25) is 10.0 Å². The van der Waals surface area contributed by atoms with Crippen LogP contribution in [0.4, 0.5) is 4.79 Å². The number of urea groups is 1. The molecular formula is C15H19N3O7S2. The minimum atomic E-state index is -3.66. The SMILES string of the molecule is CCOC(=O)C1=C(COC(=O)CCNS(=O)(=O)c2cccs2)NC(=O)NC1. The number of nitrogens with one attached hydrogen (secondary N) is 3. The van der Waals surface area contributed by atoms with Crippen molar-refractivity contribution in [2.75, 3.05) is 26.3 Å². The average molecular weight is 417 g/mol. The van der Waals surface area contributed by atoms with Gasteiger partial charge in [-0.25, -0.2) is 22.7 Å². The summed E-state index contributed by atoms with van der Waals surface area (Å²) in [6, 6.07) is 2.53. The van der Waals surface area contributed by atoms with Crippen molar-refractivity contribution >= 4 is 39.3 Å². The molecule has 2 rings (SSSR count). The van der Waals surface area contributed by atoms with Crippen molar-refractivity contribution in [3.63, 3.8) is 0 Å². The van der Waals surface area contributed by atoms with Gasteiger partial charge in [-0.05, 0) is 18.4 Å². The van der Waals surface area contributed by atoms with Crippen LogP contribution in [0.5, 0.6) is 0 Å². The lowest BCUT2D eigenvalue weighted by Crippen LogP contribution is -2.45. The Bertz CT molecular complexity index is 832. The number of thiophene rings is 1. The molecule has 3 N–H and O–H groups in total. The molecule has 0 saturated carbocycles. The number of hydrogen-bond donors (Lipinski definition) is 3. The van der Waals surface area contributed by atoms with Crippen LogP contribution in [0.3, 0.4) is 0 Å². The summed E-state index contributed by atoms with van der Waals surface area (Å²) in [4.78, 5) is 35.1. The first-order valence-electron chi connectivity index (χ1n) is 7.96. The predicted octanol–water partition coefficient (Wildman–Crippen LogP) is 0.0897. The number of carbonyl (C=O) groups is 3. The highest BCUT2D eigenvalue weighted by molar-refractivity contribution is 7.91. The second-order valence-corrected chi connectivity index (χ2v) is 8.17. The first-order valence-corrected chi connectivity index (χ1v) is 10.3. The van der Waals surface area contributed by atoms with E-state index in [2.05, 4.69) is 15.4 Å². The molecule has 0 unspecified atom stereocenters. The molecule has 2 amide bonds. The Morgan fingerprint density at radius 2 is 2.11 bits per heavy atom. The van der Waals surface area contributed by atoms with E-state index in [1.165, 1.54) is 6.07 Å². The Kier molecular flexibility index (Phi) is 7.33. The summed E-state index contributed by atoms with van der Waals surface area (Å²) in [6.45, 7) is 1.28. The van der Waals surface area contributed by atoms with Crippen molar-refractivity contribution in [3.8, 4) is 0 Å². The molecule has 0 radical (unpaired) electrons. The lowest BCUT2D eigenvalue weighted by molar-refractivity contribution is -0.143. The predicted molar refractivity (Wildman–Crippen MR) is 95.3 cm³/mol. The third kappa shape index (κ3) is 6.05. The molecule has 2 heterocycles. The maximum atomic E-state index is 11.9. The topological polar surface area (TPSA) is 140 Å². The first kappa shape index (κ1) is 20.9. The molecule has 12 heteroatoms. The van der Waals surface area contributed by atoms with Crippen LogP contribution in [-0.2, 0) is 29.1 Å². The first-order chi connectivity index (χ1) is 12.8. The zero-order valence-electron chi connectivity index (χ0n) is 14.4. The van der Waals surface area contributed by atoms with Crippen LogP contribution in [-0.4, -0.2) is 52.7 Å². The minimum absolute atomic E-state index is 0.0435. The third-order valence-electron chi connectivity index (χ3n) is 3.33. The molecule has 1 aromatic rings. The van der Waals surface area contributed by atoms with Gasteiger partial charge in [0.1, 0.15) is 10.8 Å². The summed E-state index contributed by atoms with van der Waals surface area (Å²) in [6.07, 6.45) is -0.210. The van der Waals surface area contributed by atoms with Gasteiger partial charge >= 0.3 is 18.0 Å². The molecule has 1 aliphatic rings. The van der Waals surface area contributed by atoms with E-state index in [0.717, 1.165) is 11.3 Å². The number of sulfonamides is 1. The monoisotopic (exact) mass is 417 g/mol. The van der Waals surface area contributed by atoms with Crippen LogP contribution in [0.2, 0.25) is 0 Å². The fraction of sp³-hybridized carbons (Fsp3) is 0.400. The summed E-state index contributed by atoms with van der Waals surface area (Å²) in [5.74, 6) is -1.31. The zero-order chi connectivity index (χ0) is 19.9. The maximum Gasteiger partial charge on any atom is 0.337 e. The standard InChI is InChI=1S/C15H19N3O7S2/c1-2-24-14(20)10-8-16-15(21)18-11(10)9-25-12(19)5-6-17-27(22,23)13-4-3-7-26-13/h3-4,7,17H,2,5-6,8-9H2,1H3,(H2,16,18,21). The number of carbonyl (C=O) groups excluding carboxylic acids is 3. The van der Waals surface area contributed by atoms with Gasteiger partial charge in [-0.2, -0.15) is 0 Å². The van der Waals surface area contributed by atoms with Gasteiger partial charge in [-0.1, -0.05) is 6.07 Å². The van der Waals surface area contributed by atoms with Crippen LogP contribution in [0.15, 0.2) is 33.0 Å². The largest absolute Gasteiger partial charge is 0.463 e. The van der Waals surface area contributed by atoms with Crippen molar-refractivity contribution in [2.45, 2.75) is 17.6 Å². The molecule has 1 aromatic heterocycles. The number of hydrogen-bond acceptors (Lipinski definition) is 8.